The third kappa shape index (κ3) is 2.75. The van der Waals surface area contributed by atoms with Crippen LogP contribution in [0.2, 0.25) is 0 Å². The van der Waals surface area contributed by atoms with Crippen molar-refractivity contribution >= 4 is 17.2 Å². The number of benzene rings is 1. The second-order valence-corrected chi connectivity index (χ2v) is 7.45. The van der Waals surface area contributed by atoms with Crippen LogP contribution >= 0.6 is 11.3 Å². The van der Waals surface area contributed by atoms with Crippen molar-refractivity contribution in [3.63, 3.8) is 0 Å². The molecule has 1 unspecified atom stereocenters. The van der Waals surface area contributed by atoms with Crippen LogP contribution in [0.25, 0.3) is 0 Å². The van der Waals surface area contributed by atoms with Crippen molar-refractivity contribution in [3.05, 3.63) is 38.8 Å². The Hall–Kier alpha value is -2.08. The van der Waals surface area contributed by atoms with Crippen LogP contribution in [0.4, 0.5) is 0 Å². The lowest BCUT2D eigenvalue weighted by Crippen LogP contribution is -2.50. The Balaban J connectivity index is 1.84. The number of hydrogen-bond donors (Lipinski definition) is 2. The highest BCUT2D eigenvalue weighted by atomic mass is 32.1. The predicted molar refractivity (Wildman–Crippen MR) is 93.6 cm³/mol. The summed E-state index contributed by atoms with van der Waals surface area (Å²) in [6.45, 7) is 7.93. The summed E-state index contributed by atoms with van der Waals surface area (Å²) in [5.74, 6) is 0.929. The average Bonchev–Trinajstić information content (AvgIpc) is 3.09. The van der Waals surface area contributed by atoms with E-state index in [1.54, 1.807) is 6.20 Å². The first kappa shape index (κ1) is 16.8. The number of carbonyl (C=O) groups excluding carboxylic acids is 1. The topological polar surface area (TPSA) is 71.5 Å². The highest BCUT2D eigenvalue weighted by Crippen LogP contribution is 2.43. The van der Waals surface area contributed by atoms with Crippen molar-refractivity contribution in [1.82, 2.24) is 10.3 Å². The Morgan fingerprint density at radius 1 is 1.38 bits per heavy atom. The first-order valence-electron chi connectivity index (χ1n) is 8.01. The Bertz CT molecular complexity index is 786. The van der Waals surface area contributed by atoms with Crippen molar-refractivity contribution in [2.24, 2.45) is 0 Å². The molecule has 0 fully saturated rings. The van der Waals surface area contributed by atoms with Gasteiger partial charge < -0.3 is 15.2 Å². The molecule has 24 heavy (non-hydrogen) atoms. The number of thiazole rings is 1. The summed E-state index contributed by atoms with van der Waals surface area (Å²) in [5, 5.41) is 15.9. The predicted octanol–water partition coefficient (Wildman–Crippen LogP) is 3.17. The summed E-state index contributed by atoms with van der Waals surface area (Å²) < 4.78 is 6.16. The lowest BCUT2D eigenvalue weighted by molar-refractivity contribution is -0.137. The van der Waals surface area contributed by atoms with E-state index in [-0.39, 0.29) is 5.91 Å². The van der Waals surface area contributed by atoms with Crippen molar-refractivity contribution in [1.29, 1.82) is 0 Å². The molecule has 6 heteroatoms. The molecule has 0 saturated carbocycles. The van der Waals surface area contributed by atoms with Gasteiger partial charge in [0.2, 0.25) is 0 Å². The highest BCUT2D eigenvalue weighted by Gasteiger charge is 2.40. The number of carbonyl (C=O) groups is 1. The third-order valence-corrected chi connectivity index (χ3v) is 5.66. The highest BCUT2D eigenvalue weighted by molar-refractivity contribution is 7.09. The number of amides is 1. The Morgan fingerprint density at radius 2 is 2.12 bits per heavy atom. The fraction of sp³-hybridized carbons (Fsp3) is 0.444. The van der Waals surface area contributed by atoms with Gasteiger partial charge in [0.05, 0.1) is 6.54 Å². The van der Waals surface area contributed by atoms with E-state index in [1.807, 2.05) is 33.1 Å². The molecule has 128 valence electrons. The van der Waals surface area contributed by atoms with Gasteiger partial charge in [-0.3, -0.25) is 4.79 Å². The van der Waals surface area contributed by atoms with Gasteiger partial charge in [0.15, 0.2) is 5.60 Å². The molecule has 2 heterocycles. The summed E-state index contributed by atoms with van der Waals surface area (Å²) in [5.41, 5.74) is 2.63. The van der Waals surface area contributed by atoms with E-state index in [0.29, 0.717) is 25.1 Å². The number of hydrogen-bond acceptors (Lipinski definition) is 5. The molecule has 1 amide bonds. The third-order valence-electron chi connectivity index (χ3n) is 4.88. The molecule has 0 aliphatic carbocycles. The molecule has 1 aromatic carbocycles. The average molecular weight is 346 g/mol. The molecular weight excluding hydrogens is 324 g/mol. The number of nitrogens with zero attached hydrogens (tertiary/aromatic N) is 1. The maximum absolute atomic E-state index is 12.7. The van der Waals surface area contributed by atoms with Gasteiger partial charge in [-0.15, -0.1) is 11.3 Å². The summed E-state index contributed by atoms with van der Waals surface area (Å²) in [6, 6.07) is 0. The van der Waals surface area contributed by atoms with Crippen molar-refractivity contribution in [3.8, 4) is 11.5 Å². The maximum atomic E-state index is 12.7. The fourth-order valence-electron chi connectivity index (χ4n) is 3.09. The molecular formula is C18H22N2O3S. The molecule has 0 spiro atoms. The second kappa shape index (κ2) is 6.09. The summed E-state index contributed by atoms with van der Waals surface area (Å²) >= 11 is 1.51. The molecule has 1 atom stereocenters. The lowest BCUT2D eigenvalue weighted by Gasteiger charge is -2.36. The maximum Gasteiger partial charge on any atom is 0.264 e. The Morgan fingerprint density at radius 3 is 2.79 bits per heavy atom. The van der Waals surface area contributed by atoms with Gasteiger partial charge >= 0.3 is 0 Å². The van der Waals surface area contributed by atoms with Gasteiger partial charge in [-0.25, -0.2) is 4.98 Å². The quantitative estimate of drug-likeness (QED) is 0.895. The molecule has 5 nitrogen and oxygen atoms in total. The van der Waals surface area contributed by atoms with E-state index < -0.39 is 5.60 Å². The van der Waals surface area contributed by atoms with Crippen LogP contribution in [0.3, 0.4) is 0 Å². The van der Waals surface area contributed by atoms with Gasteiger partial charge in [-0.2, -0.15) is 0 Å². The Kier molecular flexibility index (Phi) is 4.25. The Labute approximate surface area is 145 Å². The van der Waals surface area contributed by atoms with Crippen LogP contribution in [0.1, 0.15) is 40.6 Å². The van der Waals surface area contributed by atoms with Crippen molar-refractivity contribution in [2.75, 3.05) is 0 Å². The van der Waals surface area contributed by atoms with Crippen LogP contribution < -0.4 is 10.1 Å². The lowest BCUT2D eigenvalue weighted by atomic mass is 9.86. The number of phenols is 1. The van der Waals surface area contributed by atoms with E-state index in [9.17, 15) is 9.90 Å². The van der Waals surface area contributed by atoms with E-state index in [4.69, 9.17) is 4.74 Å². The van der Waals surface area contributed by atoms with Crippen LogP contribution in [0.15, 0.2) is 11.6 Å². The van der Waals surface area contributed by atoms with Crippen LogP contribution in [-0.4, -0.2) is 21.6 Å². The number of aromatic hydroxyl groups is 1. The smallest absolute Gasteiger partial charge is 0.264 e. The van der Waals surface area contributed by atoms with Gasteiger partial charge in [0.1, 0.15) is 16.5 Å². The summed E-state index contributed by atoms with van der Waals surface area (Å²) in [7, 11) is 0. The zero-order valence-electron chi connectivity index (χ0n) is 14.4. The summed E-state index contributed by atoms with van der Waals surface area (Å²) in [4.78, 5) is 16.8. The van der Waals surface area contributed by atoms with Gasteiger partial charge in [0, 0.05) is 23.6 Å². The molecule has 1 aromatic heterocycles. The molecule has 0 saturated heterocycles. The number of aromatic nitrogens is 1. The molecule has 2 N–H and O–H groups in total. The van der Waals surface area contributed by atoms with Crippen LogP contribution in [0.5, 0.6) is 11.5 Å². The van der Waals surface area contributed by atoms with Crippen molar-refractivity contribution in [2.45, 2.75) is 52.7 Å². The SMILES string of the molecule is Cc1c(C)c2c(c(C)c1O)CCC(C)(C(=O)NCc1nccs1)O2. The molecule has 1 aliphatic heterocycles. The normalized spacial score (nSPS) is 19.5. The molecule has 1 aliphatic rings. The van der Waals surface area contributed by atoms with E-state index >= 15 is 0 Å². The molecule has 0 bridgehead atoms. The first-order valence-corrected chi connectivity index (χ1v) is 8.88. The number of rotatable bonds is 3. The number of fused-ring (bicyclic) bond motifs is 1. The minimum absolute atomic E-state index is 0.133. The zero-order chi connectivity index (χ0) is 17.5. The van der Waals surface area contributed by atoms with Crippen LogP contribution in [-0.2, 0) is 17.8 Å². The van der Waals surface area contributed by atoms with Crippen molar-refractivity contribution < 1.29 is 14.6 Å². The molecule has 2 aromatic rings. The number of ether oxygens (including phenoxy) is 1. The van der Waals surface area contributed by atoms with Gasteiger partial charge in [0.25, 0.3) is 5.91 Å². The largest absolute Gasteiger partial charge is 0.507 e. The monoisotopic (exact) mass is 346 g/mol. The van der Waals surface area contributed by atoms with E-state index in [0.717, 1.165) is 33.0 Å². The second-order valence-electron chi connectivity index (χ2n) is 6.47. The van der Waals surface area contributed by atoms with Gasteiger partial charge in [-0.1, -0.05) is 0 Å². The number of phenolic OH excluding ortho intramolecular Hbond substituents is 1. The van der Waals surface area contributed by atoms with E-state index in [1.165, 1.54) is 11.3 Å². The molecule has 0 radical (unpaired) electrons. The minimum atomic E-state index is -0.912. The van der Waals surface area contributed by atoms with Gasteiger partial charge in [-0.05, 0) is 50.8 Å². The van der Waals surface area contributed by atoms with E-state index in [2.05, 4.69) is 10.3 Å². The van der Waals surface area contributed by atoms with Crippen LogP contribution in [0, 0.1) is 20.8 Å². The summed E-state index contributed by atoms with van der Waals surface area (Å²) in [6.07, 6.45) is 3.01. The molecule has 3 rings (SSSR count). The number of nitrogens with one attached hydrogen (secondary N) is 1. The first-order chi connectivity index (χ1) is 11.3. The minimum Gasteiger partial charge on any atom is -0.507 e. The standard InChI is InChI=1S/C18H22N2O3S/c1-10-11(2)16-13(12(3)15(10)21)5-6-18(4,23-16)17(22)20-9-14-19-7-8-24-14/h7-8,21H,5-6,9H2,1-4H3,(H,20,22). The zero-order valence-corrected chi connectivity index (χ0v) is 15.2. The fourth-order valence-corrected chi connectivity index (χ4v) is 3.65.